The molecule has 2 N–H and O–H groups in total. The summed E-state index contributed by atoms with van der Waals surface area (Å²) in [7, 11) is 0. The Kier molecular flexibility index (Phi) is 3.16. The van der Waals surface area contributed by atoms with E-state index in [1.54, 1.807) is 0 Å². The second-order valence-electron chi connectivity index (χ2n) is 2.89. The molecule has 0 aliphatic carbocycles. The van der Waals surface area contributed by atoms with E-state index >= 15 is 0 Å². The molecule has 0 aromatic carbocycles. The van der Waals surface area contributed by atoms with Gasteiger partial charge < -0.3 is 15.8 Å². The van der Waals surface area contributed by atoms with Crippen LogP contribution in [0.2, 0.25) is 0 Å². The zero-order valence-corrected chi connectivity index (χ0v) is 7.83. The maximum absolute atomic E-state index is 12.3. The Morgan fingerprint density at radius 2 is 1.94 bits per heavy atom. The predicted octanol–water partition coefficient (Wildman–Crippen LogP) is 2.53. The maximum Gasteiger partial charge on any atom is 0.420 e. The van der Waals surface area contributed by atoms with E-state index in [-0.39, 0.29) is 6.07 Å². The van der Waals surface area contributed by atoms with Crippen LogP contribution in [0.1, 0.15) is 17.7 Å². The van der Waals surface area contributed by atoms with Crippen molar-refractivity contribution in [1.29, 1.82) is 0 Å². The fourth-order valence-electron chi connectivity index (χ4n) is 1.07. The van der Waals surface area contributed by atoms with Gasteiger partial charge in [0.15, 0.2) is 0 Å². The summed E-state index contributed by atoms with van der Waals surface area (Å²) in [6.45, 7) is 0. The molecule has 1 rings (SSSR count). The van der Waals surface area contributed by atoms with E-state index in [0.717, 1.165) is 0 Å². The summed E-state index contributed by atoms with van der Waals surface area (Å²) in [6.07, 6.45) is -8.70. The van der Waals surface area contributed by atoms with Crippen LogP contribution in [-0.2, 0) is 6.18 Å². The van der Waals surface area contributed by atoms with E-state index in [1.165, 1.54) is 0 Å². The average Bonchev–Trinajstić information content (AvgIpc) is 2.14. The van der Waals surface area contributed by atoms with Crippen LogP contribution in [0.5, 0.6) is 0 Å². The van der Waals surface area contributed by atoms with Gasteiger partial charge in [-0.3, -0.25) is 0 Å². The number of pyridine rings is 1. The summed E-state index contributed by atoms with van der Waals surface area (Å²) in [5.74, 6) is -1.23. The highest BCUT2D eigenvalue weighted by Crippen LogP contribution is 2.38. The topological polar surface area (TPSA) is 82.0 Å². The number of hydrogen-bond donors (Lipinski definition) is 1. The van der Waals surface area contributed by atoms with Crippen LogP contribution in [-0.4, -0.2) is 9.91 Å². The Morgan fingerprint density at radius 3 is 2.29 bits per heavy atom. The van der Waals surface area contributed by atoms with Crippen molar-refractivity contribution in [3.63, 3.8) is 0 Å². The van der Waals surface area contributed by atoms with Crippen LogP contribution >= 0.6 is 0 Å². The van der Waals surface area contributed by atoms with E-state index in [0.29, 0.717) is 0 Å². The van der Waals surface area contributed by atoms with Crippen molar-refractivity contribution in [2.45, 2.75) is 12.6 Å². The van der Waals surface area contributed by atoms with Crippen LogP contribution < -0.4 is 5.73 Å². The summed E-state index contributed by atoms with van der Waals surface area (Å²) in [4.78, 5) is 11.7. The third kappa shape index (κ3) is 2.57. The van der Waals surface area contributed by atoms with Gasteiger partial charge in [0.05, 0.1) is 0 Å². The first-order chi connectivity index (χ1) is 7.64. The molecule has 0 aliphatic heterocycles. The van der Waals surface area contributed by atoms with Crippen molar-refractivity contribution in [3.8, 4) is 0 Å². The second-order valence-corrected chi connectivity index (χ2v) is 2.89. The van der Waals surface area contributed by atoms with Crippen LogP contribution in [0.15, 0.2) is 6.07 Å². The molecule has 10 heteroatoms. The summed E-state index contributed by atoms with van der Waals surface area (Å²) in [5, 5.41) is 10.3. The van der Waals surface area contributed by atoms with Crippen LogP contribution in [0.4, 0.5) is 33.5 Å². The quantitative estimate of drug-likeness (QED) is 0.501. The third-order valence-corrected chi connectivity index (χ3v) is 1.75. The number of nitrogen functional groups attached to an aromatic ring is 1. The Morgan fingerprint density at radius 1 is 1.41 bits per heavy atom. The molecule has 94 valence electrons. The minimum Gasteiger partial charge on any atom is -0.392 e. The summed E-state index contributed by atoms with van der Waals surface area (Å²) >= 11 is 0. The number of aromatic nitrogens is 1. The first kappa shape index (κ1) is 13.1. The lowest BCUT2D eigenvalue weighted by Gasteiger charge is -2.09. The Labute approximate surface area is 90.2 Å². The first-order valence-corrected chi connectivity index (χ1v) is 3.94. The van der Waals surface area contributed by atoms with Gasteiger partial charge in [0.1, 0.15) is 11.3 Å². The smallest absolute Gasteiger partial charge is 0.392 e. The van der Waals surface area contributed by atoms with E-state index in [9.17, 15) is 32.1 Å². The lowest BCUT2D eigenvalue weighted by molar-refractivity contribution is -0.388. The largest absolute Gasteiger partial charge is 0.420 e. The molecular weight excluding hydrogens is 253 g/mol. The van der Waals surface area contributed by atoms with Crippen molar-refractivity contribution in [3.05, 3.63) is 27.4 Å². The molecule has 0 atom stereocenters. The molecule has 0 spiro atoms. The lowest BCUT2D eigenvalue weighted by Crippen LogP contribution is -2.14. The van der Waals surface area contributed by atoms with E-state index in [2.05, 4.69) is 4.98 Å². The van der Waals surface area contributed by atoms with E-state index in [1.807, 2.05) is 0 Å². The van der Waals surface area contributed by atoms with Crippen molar-refractivity contribution < 1.29 is 26.9 Å². The highest BCUT2D eigenvalue weighted by Gasteiger charge is 2.41. The van der Waals surface area contributed by atoms with Crippen LogP contribution in [0.3, 0.4) is 0 Å². The summed E-state index contributed by atoms with van der Waals surface area (Å²) in [5.41, 5.74) is 0.523. The summed E-state index contributed by atoms with van der Waals surface area (Å²) in [6, 6.07) is 0.0760. The second kappa shape index (κ2) is 4.11. The number of rotatable bonds is 2. The molecule has 0 saturated carbocycles. The van der Waals surface area contributed by atoms with Crippen molar-refractivity contribution in [2.24, 2.45) is 0 Å². The van der Waals surface area contributed by atoms with Gasteiger partial charge in [-0.05, 0) is 16.0 Å². The molecule has 17 heavy (non-hydrogen) atoms. The van der Waals surface area contributed by atoms with Gasteiger partial charge in [0.2, 0.25) is 5.69 Å². The Balaban J connectivity index is 3.53. The number of alkyl halides is 5. The number of nitro groups is 1. The monoisotopic (exact) mass is 257 g/mol. The Hall–Kier alpha value is -2.00. The molecule has 0 aliphatic rings. The zero-order chi connectivity index (χ0) is 13.4. The van der Waals surface area contributed by atoms with Crippen molar-refractivity contribution >= 4 is 11.5 Å². The molecule has 1 heterocycles. The standard InChI is InChI=1S/C7H4F5N3O2/c8-5(9)4-2(7(10,11)12)1-3(13)6(14-4)15(16)17/h1,5H,13H2. The molecular formula is C7H4F5N3O2. The molecule has 1 aromatic heterocycles. The summed E-state index contributed by atoms with van der Waals surface area (Å²) < 4.78 is 61.6. The number of halogens is 5. The fraction of sp³-hybridized carbons (Fsp3) is 0.286. The number of hydrogen-bond acceptors (Lipinski definition) is 4. The number of nitrogens with zero attached hydrogens (tertiary/aromatic N) is 2. The van der Waals surface area contributed by atoms with E-state index < -0.39 is 40.3 Å². The molecule has 0 radical (unpaired) electrons. The van der Waals surface area contributed by atoms with Crippen LogP contribution in [0.25, 0.3) is 0 Å². The maximum atomic E-state index is 12.3. The molecule has 0 bridgehead atoms. The first-order valence-electron chi connectivity index (χ1n) is 3.94. The minimum absolute atomic E-state index is 0.0760. The molecule has 0 saturated heterocycles. The molecule has 0 amide bonds. The minimum atomic E-state index is -5.11. The third-order valence-electron chi connectivity index (χ3n) is 1.75. The zero-order valence-electron chi connectivity index (χ0n) is 7.83. The SMILES string of the molecule is Nc1cc(C(F)(F)F)c(C(F)F)nc1[N+](=O)[O-]. The molecule has 1 aromatic rings. The number of anilines is 1. The molecule has 0 fully saturated rings. The Bertz CT molecular complexity index is 460. The molecule has 5 nitrogen and oxygen atoms in total. The number of nitrogens with two attached hydrogens (primary N) is 1. The van der Waals surface area contributed by atoms with Gasteiger partial charge in [-0.15, -0.1) is 0 Å². The van der Waals surface area contributed by atoms with Crippen LogP contribution in [0, 0.1) is 10.1 Å². The van der Waals surface area contributed by atoms with Crippen molar-refractivity contribution in [1.82, 2.24) is 4.98 Å². The van der Waals surface area contributed by atoms with Gasteiger partial charge >= 0.3 is 18.4 Å². The van der Waals surface area contributed by atoms with Crippen molar-refractivity contribution in [2.75, 3.05) is 5.73 Å². The molecule has 0 unspecified atom stereocenters. The van der Waals surface area contributed by atoms with E-state index in [4.69, 9.17) is 5.73 Å². The van der Waals surface area contributed by atoms with Gasteiger partial charge in [-0.25, -0.2) is 8.78 Å². The predicted molar refractivity (Wildman–Crippen MR) is 45.3 cm³/mol. The fourth-order valence-corrected chi connectivity index (χ4v) is 1.07. The van der Waals surface area contributed by atoms with Gasteiger partial charge in [-0.1, -0.05) is 0 Å². The van der Waals surface area contributed by atoms with Gasteiger partial charge in [0, 0.05) is 0 Å². The van der Waals surface area contributed by atoms with Gasteiger partial charge in [-0.2, -0.15) is 13.2 Å². The highest BCUT2D eigenvalue weighted by atomic mass is 19.4. The van der Waals surface area contributed by atoms with Gasteiger partial charge in [0.25, 0.3) is 0 Å². The highest BCUT2D eigenvalue weighted by molar-refractivity contribution is 5.56. The average molecular weight is 257 g/mol. The lowest BCUT2D eigenvalue weighted by atomic mass is 10.1. The normalized spacial score (nSPS) is 11.9.